The highest BCUT2D eigenvalue weighted by atomic mass is 32.1. The van der Waals surface area contributed by atoms with Crippen molar-refractivity contribution in [3.05, 3.63) is 94.8 Å². The summed E-state index contributed by atoms with van der Waals surface area (Å²) in [6, 6.07) is 15.4. The first kappa shape index (κ1) is 24.3. The summed E-state index contributed by atoms with van der Waals surface area (Å²) in [6.07, 6.45) is 3.17. The Morgan fingerprint density at radius 1 is 1.06 bits per heavy atom. The molecule has 0 radical (unpaired) electrons. The van der Waals surface area contributed by atoms with Crippen LogP contribution in [-0.4, -0.2) is 29.7 Å². The zero-order valence-electron chi connectivity index (χ0n) is 18.7. The van der Waals surface area contributed by atoms with Crippen molar-refractivity contribution >= 4 is 38.7 Å². The highest BCUT2D eigenvalue weighted by Gasteiger charge is 2.20. The number of benzene rings is 3. The van der Waals surface area contributed by atoms with Gasteiger partial charge >= 0.3 is 5.97 Å². The van der Waals surface area contributed by atoms with Crippen molar-refractivity contribution in [1.29, 1.82) is 0 Å². The molecule has 9 heteroatoms. The summed E-state index contributed by atoms with van der Waals surface area (Å²) in [7, 11) is 1.59. The van der Waals surface area contributed by atoms with E-state index in [0.717, 1.165) is 39.9 Å². The number of ether oxygens (including phenoxy) is 1. The average molecular weight is 499 g/mol. The lowest BCUT2D eigenvalue weighted by Gasteiger charge is -2.22. The SMILES string of the molecule is COc1ccc(CCN(Cc2ccc(/C=C/C(=O)O)cc2)c2nc3c(F)c(F)cc(F)c3s2)cc1. The second-order valence-electron chi connectivity index (χ2n) is 7.76. The number of hydrogen-bond acceptors (Lipinski definition) is 5. The van der Waals surface area contributed by atoms with Crippen molar-refractivity contribution in [3.8, 4) is 5.75 Å². The van der Waals surface area contributed by atoms with Gasteiger partial charge in [-0.3, -0.25) is 0 Å². The fourth-order valence-corrected chi connectivity index (χ4v) is 4.52. The number of nitrogens with zero attached hydrogens (tertiary/aromatic N) is 2. The molecule has 0 spiro atoms. The van der Waals surface area contributed by atoms with Crippen LogP contribution in [0, 0.1) is 17.5 Å². The molecule has 0 saturated carbocycles. The number of carbonyl (C=O) groups is 1. The van der Waals surface area contributed by atoms with Gasteiger partial charge in [-0.25, -0.2) is 22.9 Å². The lowest BCUT2D eigenvalue weighted by molar-refractivity contribution is -0.131. The highest BCUT2D eigenvalue weighted by molar-refractivity contribution is 7.22. The molecule has 4 aromatic rings. The van der Waals surface area contributed by atoms with E-state index >= 15 is 0 Å². The van der Waals surface area contributed by atoms with Crippen LogP contribution in [0.5, 0.6) is 5.75 Å². The van der Waals surface area contributed by atoms with Crippen molar-refractivity contribution in [2.24, 2.45) is 0 Å². The second kappa shape index (κ2) is 10.6. The monoisotopic (exact) mass is 498 g/mol. The number of aromatic nitrogens is 1. The van der Waals surface area contributed by atoms with Crippen molar-refractivity contribution in [2.75, 3.05) is 18.6 Å². The predicted octanol–water partition coefficient (Wildman–Crippen LogP) is 6.07. The van der Waals surface area contributed by atoms with Crippen LogP contribution in [0.25, 0.3) is 16.3 Å². The molecule has 0 aliphatic carbocycles. The van der Waals surface area contributed by atoms with E-state index in [0.29, 0.717) is 30.7 Å². The largest absolute Gasteiger partial charge is 0.497 e. The topological polar surface area (TPSA) is 62.7 Å². The van der Waals surface area contributed by atoms with Gasteiger partial charge in [0.05, 0.1) is 11.8 Å². The van der Waals surface area contributed by atoms with Gasteiger partial charge in [-0.2, -0.15) is 0 Å². The standard InChI is InChI=1S/C26H21F3N2O3S/c1-34-19-9-6-17(7-10-19)12-13-31(15-18-4-2-16(3-5-18)8-11-22(32)33)26-30-24-23(29)20(27)14-21(28)25(24)35-26/h2-11,14H,12-13,15H2,1H3,(H,32,33)/b11-8+. The molecule has 4 rings (SSSR count). The minimum absolute atomic E-state index is 0.0393. The molecule has 5 nitrogen and oxygen atoms in total. The third-order valence-electron chi connectivity index (χ3n) is 5.38. The van der Waals surface area contributed by atoms with Crippen molar-refractivity contribution in [2.45, 2.75) is 13.0 Å². The van der Waals surface area contributed by atoms with Crippen molar-refractivity contribution < 1.29 is 27.8 Å². The number of hydrogen-bond donors (Lipinski definition) is 1. The zero-order chi connectivity index (χ0) is 24.9. The van der Waals surface area contributed by atoms with Gasteiger partial charge in [0.25, 0.3) is 0 Å². The van der Waals surface area contributed by atoms with Gasteiger partial charge in [0.1, 0.15) is 17.1 Å². The molecule has 1 heterocycles. The number of carboxylic acid groups (broad SMARTS) is 1. The summed E-state index contributed by atoms with van der Waals surface area (Å²) in [5.74, 6) is -3.60. The number of methoxy groups -OCH3 is 1. The molecule has 3 aromatic carbocycles. The molecule has 0 amide bonds. The fourth-order valence-electron chi connectivity index (χ4n) is 3.53. The molecular weight excluding hydrogens is 477 g/mol. The molecule has 0 atom stereocenters. The number of thiazole rings is 1. The van der Waals surface area contributed by atoms with Crippen molar-refractivity contribution in [1.82, 2.24) is 4.98 Å². The first-order chi connectivity index (χ1) is 16.8. The molecule has 0 fully saturated rings. The number of carboxylic acids is 1. The Balaban J connectivity index is 1.62. The summed E-state index contributed by atoms with van der Waals surface area (Å²) in [5.41, 5.74) is 2.32. The summed E-state index contributed by atoms with van der Waals surface area (Å²) in [5, 5.41) is 9.16. The Kier molecular flexibility index (Phi) is 7.36. The Morgan fingerprint density at radius 2 is 1.74 bits per heavy atom. The summed E-state index contributed by atoms with van der Waals surface area (Å²) >= 11 is 0.967. The van der Waals surface area contributed by atoms with Gasteiger partial charge in [0.2, 0.25) is 0 Å². The van der Waals surface area contributed by atoms with E-state index in [-0.39, 0.29) is 10.2 Å². The first-order valence-electron chi connectivity index (χ1n) is 10.7. The van der Waals surface area contributed by atoms with Crippen LogP contribution >= 0.6 is 11.3 Å². The van der Waals surface area contributed by atoms with Crippen LogP contribution in [0.3, 0.4) is 0 Å². The fraction of sp³-hybridized carbons (Fsp3) is 0.154. The van der Waals surface area contributed by atoms with Gasteiger partial charge in [-0.1, -0.05) is 47.7 Å². The van der Waals surface area contributed by atoms with E-state index in [4.69, 9.17) is 9.84 Å². The van der Waals surface area contributed by atoms with Crippen LogP contribution in [0.2, 0.25) is 0 Å². The minimum Gasteiger partial charge on any atom is -0.497 e. The molecule has 0 aliphatic rings. The van der Waals surface area contributed by atoms with E-state index in [1.165, 1.54) is 6.08 Å². The Bertz CT molecular complexity index is 1370. The van der Waals surface area contributed by atoms with Gasteiger partial charge in [0.15, 0.2) is 16.8 Å². The minimum atomic E-state index is -1.28. The van der Waals surface area contributed by atoms with Crippen LogP contribution in [0.4, 0.5) is 18.3 Å². The van der Waals surface area contributed by atoms with Crippen LogP contribution in [0.15, 0.2) is 60.7 Å². The van der Waals surface area contributed by atoms with Crippen molar-refractivity contribution in [3.63, 3.8) is 0 Å². The first-order valence-corrected chi connectivity index (χ1v) is 11.5. The number of anilines is 1. The maximum atomic E-state index is 14.3. The van der Waals surface area contributed by atoms with E-state index in [2.05, 4.69) is 4.98 Å². The normalized spacial score (nSPS) is 11.3. The van der Waals surface area contributed by atoms with E-state index in [9.17, 15) is 18.0 Å². The third kappa shape index (κ3) is 5.81. The third-order valence-corrected chi connectivity index (χ3v) is 6.50. The second-order valence-corrected chi connectivity index (χ2v) is 8.74. The quantitative estimate of drug-likeness (QED) is 0.224. The highest BCUT2D eigenvalue weighted by Crippen LogP contribution is 2.34. The molecule has 0 unspecified atom stereocenters. The molecule has 1 N–H and O–H groups in total. The average Bonchev–Trinajstić information content (AvgIpc) is 3.31. The molecular formula is C26H21F3N2O3S. The molecule has 35 heavy (non-hydrogen) atoms. The van der Waals surface area contributed by atoms with Gasteiger partial charge < -0.3 is 14.7 Å². The van der Waals surface area contributed by atoms with Gasteiger partial charge in [-0.05, 0) is 41.3 Å². The summed E-state index contributed by atoms with van der Waals surface area (Å²) in [6.45, 7) is 0.864. The Labute approximate surface area is 203 Å². The van der Waals surface area contributed by atoms with E-state index in [1.54, 1.807) is 19.2 Å². The molecule has 180 valence electrons. The van der Waals surface area contributed by atoms with E-state index in [1.807, 2.05) is 41.3 Å². The van der Waals surface area contributed by atoms with Crippen LogP contribution in [0.1, 0.15) is 16.7 Å². The predicted molar refractivity (Wildman–Crippen MR) is 130 cm³/mol. The van der Waals surface area contributed by atoms with E-state index < -0.39 is 23.4 Å². The summed E-state index contributed by atoms with van der Waals surface area (Å²) < 4.78 is 47.5. The number of rotatable bonds is 9. The maximum Gasteiger partial charge on any atom is 0.328 e. The lowest BCUT2D eigenvalue weighted by Crippen LogP contribution is -2.25. The Morgan fingerprint density at radius 3 is 2.40 bits per heavy atom. The lowest BCUT2D eigenvalue weighted by atomic mass is 10.1. The summed E-state index contributed by atoms with van der Waals surface area (Å²) in [4.78, 5) is 16.8. The Hall–Kier alpha value is -3.85. The number of aliphatic carboxylic acids is 1. The smallest absolute Gasteiger partial charge is 0.328 e. The zero-order valence-corrected chi connectivity index (χ0v) is 19.5. The molecule has 0 saturated heterocycles. The molecule has 1 aromatic heterocycles. The number of halogens is 3. The molecule has 0 bridgehead atoms. The maximum absolute atomic E-state index is 14.3. The van der Waals surface area contributed by atoms with Crippen LogP contribution < -0.4 is 9.64 Å². The van der Waals surface area contributed by atoms with Gasteiger partial charge in [-0.15, -0.1) is 0 Å². The molecule has 0 aliphatic heterocycles. The van der Waals surface area contributed by atoms with Gasteiger partial charge in [0, 0.05) is 25.2 Å². The van der Waals surface area contributed by atoms with Crippen LogP contribution in [-0.2, 0) is 17.8 Å². The number of fused-ring (bicyclic) bond motifs is 1.